The maximum absolute atomic E-state index is 14.4. The molecule has 2 unspecified atom stereocenters. The van der Waals surface area contributed by atoms with Gasteiger partial charge in [-0.3, -0.25) is 9.59 Å². The van der Waals surface area contributed by atoms with Gasteiger partial charge in [0.25, 0.3) is 5.91 Å². The zero-order valence-corrected chi connectivity index (χ0v) is 25.3. The lowest BCUT2D eigenvalue weighted by molar-refractivity contribution is -0.140. The van der Waals surface area contributed by atoms with Crippen LogP contribution in [0.1, 0.15) is 49.1 Å². The van der Waals surface area contributed by atoms with E-state index in [0.29, 0.717) is 17.0 Å². The van der Waals surface area contributed by atoms with Crippen LogP contribution in [-0.2, 0) is 20.7 Å². The predicted molar refractivity (Wildman–Crippen MR) is 165 cm³/mol. The summed E-state index contributed by atoms with van der Waals surface area (Å²) in [6.07, 6.45) is 1.05. The van der Waals surface area contributed by atoms with E-state index < -0.39 is 35.6 Å². The lowest BCUT2D eigenvalue weighted by Gasteiger charge is -2.34. The van der Waals surface area contributed by atoms with Crippen LogP contribution in [0.4, 0.5) is 10.5 Å². The molecule has 3 aromatic rings. The fourth-order valence-corrected chi connectivity index (χ4v) is 4.69. The first-order valence-electron chi connectivity index (χ1n) is 13.9. The van der Waals surface area contributed by atoms with Crippen LogP contribution >= 0.6 is 0 Å². The number of ether oxygens (including phenoxy) is 2. The molecule has 3 amide bonds. The highest BCUT2D eigenvalue weighted by Gasteiger charge is 2.36. The van der Waals surface area contributed by atoms with Crippen molar-refractivity contribution in [2.75, 3.05) is 19.0 Å². The van der Waals surface area contributed by atoms with Gasteiger partial charge in [-0.25, -0.2) is 4.79 Å². The number of alkyl carbamates (subject to hydrolysis) is 1. The van der Waals surface area contributed by atoms with Crippen LogP contribution < -0.4 is 15.4 Å². The number of nitrogens with one attached hydrogen (secondary N) is 2. The SMILES string of the molecule is C=CCN(C(=O)C(Cc1ccccc1)NC(=O)OC(C)(C)C)C(C(=O)Nc1ccc(OC)cc1)c1cc(C)cc(C)c1. The van der Waals surface area contributed by atoms with E-state index in [1.165, 1.54) is 4.90 Å². The summed E-state index contributed by atoms with van der Waals surface area (Å²) in [5.74, 6) is -0.200. The third-order valence-corrected chi connectivity index (χ3v) is 6.36. The van der Waals surface area contributed by atoms with E-state index in [0.717, 1.165) is 16.7 Å². The first kappa shape index (κ1) is 31.9. The molecule has 0 bridgehead atoms. The van der Waals surface area contributed by atoms with Gasteiger partial charge in [-0.15, -0.1) is 6.58 Å². The summed E-state index contributed by atoms with van der Waals surface area (Å²) < 4.78 is 10.7. The normalized spacial score (nSPS) is 12.4. The Morgan fingerprint density at radius 1 is 0.952 bits per heavy atom. The van der Waals surface area contributed by atoms with Gasteiger partial charge in [0.15, 0.2) is 0 Å². The number of rotatable bonds is 11. The fourth-order valence-electron chi connectivity index (χ4n) is 4.69. The first-order chi connectivity index (χ1) is 19.9. The molecule has 2 N–H and O–H groups in total. The summed E-state index contributed by atoms with van der Waals surface area (Å²) in [6.45, 7) is 13.1. The summed E-state index contributed by atoms with van der Waals surface area (Å²) in [5.41, 5.74) is 3.18. The van der Waals surface area contributed by atoms with Crippen molar-refractivity contribution in [3.8, 4) is 5.75 Å². The fraction of sp³-hybridized carbons (Fsp3) is 0.324. The molecule has 3 rings (SSSR count). The van der Waals surface area contributed by atoms with E-state index in [1.807, 2.05) is 62.4 Å². The largest absolute Gasteiger partial charge is 0.497 e. The maximum Gasteiger partial charge on any atom is 0.408 e. The van der Waals surface area contributed by atoms with Gasteiger partial charge >= 0.3 is 6.09 Å². The smallest absolute Gasteiger partial charge is 0.408 e. The van der Waals surface area contributed by atoms with Crippen molar-refractivity contribution in [1.82, 2.24) is 10.2 Å². The summed E-state index contributed by atoms with van der Waals surface area (Å²) in [6, 6.07) is 20.1. The first-order valence-corrected chi connectivity index (χ1v) is 13.9. The van der Waals surface area contributed by atoms with Gasteiger partial charge in [0, 0.05) is 18.7 Å². The molecular formula is C34H41N3O5. The monoisotopic (exact) mass is 571 g/mol. The Balaban J connectivity index is 2.05. The molecule has 0 saturated carbocycles. The molecule has 222 valence electrons. The van der Waals surface area contributed by atoms with Crippen LogP contribution in [0, 0.1) is 13.8 Å². The molecule has 42 heavy (non-hydrogen) atoms. The Hall–Kier alpha value is -4.59. The number of hydrogen-bond acceptors (Lipinski definition) is 5. The van der Waals surface area contributed by atoms with E-state index in [4.69, 9.17) is 9.47 Å². The predicted octanol–water partition coefficient (Wildman–Crippen LogP) is 6.14. The Kier molecular flexibility index (Phi) is 10.9. The number of amides is 3. The number of aryl methyl sites for hydroxylation is 2. The molecule has 2 atom stereocenters. The molecule has 0 radical (unpaired) electrons. The molecule has 8 nitrogen and oxygen atoms in total. The van der Waals surface area contributed by atoms with Gasteiger partial charge in [0.1, 0.15) is 23.4 Å². The van der Waals surface area contributed by atoms with Gasteiger partial charge < -0.3 is 25.0 Å². The molecule has 0 aliphatic carbocycles. The van der Waals surface area contributed by atoms with Crippen LogP contribution in [0.5, 0.6) is 5.75 Å². The molecule has 0 aromatic heterocycles. The topological polar surface area (TPSA) is 97.0 Å². The van der Waals surface area contributed by atoms with E-state index in [-0.39, 0.29) is 13.0 Å². The Bertz CT molecular complexity index is 1360. The van der Waals surface area contributed by atoms with Gasteiger partial charge in [-0.2, -0.15) is 0 Å². The van der Waals surface area contributed by atoms with Crippen molar-refractivity contribution >= 4 is 23.6 Å². The van der Waals surface area contributed by atoms with Crippen molar-refractivity contribution in [3.63, 3.8) is 0 Å². The van der Waals surface area contributed by atoms with Crippen molar-refractivity contribution in [2.24, 2.45) is 0 Å². The highest BCUT2D eigenvalue weighted by Crippen LogP contribution is 2.27. The summed E-state index contributed by atoms with van der Waals surface area (Å²) in [4.78, 5) is 42.7. The molecule has 0 heterocycles. The maximum atomic E-state index is 14.4. The lowest BCUT2D eigenvalue weighted by Crippen LogP contribution is -2.53. The number of nitrogens with zero attached hydrogens (tertiary/aromatic N) is 1. The van der Waals surface area contributed by atoms with E-state index >= 15 is 0 Å². The van der Waals surface area contributed by atoms with E-state index in [1.54, 1.807) is 58.2 Å². The zero-order chi connectivity index (χ0) is 30.9. The number of methoxy groups -OCH3 is 1. The number of carbonyl (C=O) groups excluding carboxylic acids is 3. The summed E-state index contributed by atoms with van der Waals surface area (Å²) >= 11 is 0. The van der Waals surface area contributed by atoms with Gasteiger partial charge in [0.2, 0.25) is 5.91 Å². The quantitative estimate of drug-likeness (QED) is 0.270. The van der Waals surface area contributed by atoms with Gasteiger partial charge in [-0.1, -0.05) is 65.7 Å². The minimum atomic E-state index is -1.02. The van der Waals surface area contributed by atoms with Crippen LogP contribution in [-0.4, -0.2) is 48.1 Å². The molecule has 0 spiro atoms. The highest BCUT2D eigenvalue weighted by molar-refractivity contribution is 5.99. The average molecular weight is 572 g/mol. The molecule has 0 aliphatic heterocycles. The van der Waals surface area contributed by atoms with Gasteiger partial charge in [-0.05, 0) is 70.0 Å². The van der Waals surface area contributed by atoms with Gasteiger partial charge in [0.05, 0.1) is 7.11 Å². The molecule has 0 aliphatic rings. The van der Waals surface area contributed by atoms with Crippen LogP contribution in [0.25, 0.3) is 0 Å². The Morgan fingerprint density at radius 2 is 1.57 bits per heavy atom. The van der Waals surface area contributed by atoms with Crippen molar-refractivity contribution in [1.29, 1.82) is 0 Å². The van der Waals surface area contributed by atoms with E-state index in [9.17, 15) is 14.4 Å². The molecule has 0 fully saturated rings. The number of carbonyl (C=O) groups is 3. The number of hydrogen-bond donors (Lipinski definition) is 2. The standard InChI is InChI=1S/C34H41N3O5/c1-8-18-37(32(39)29(22-25-12-10-9-11-13-25)36-33(40)42-34(4,5)6)30(26-20-23(2)19-24(3)21-26)31(38)35-27-14-16-28(41-7)17-15-27/h8-17,19-21,29-30H,1,18,22H2,2-7H3,(H,35,38)(H,36,40). The van der Waals surface area contributed by atoms with Crippen LogP contribution in [0.15, 0.2) is 85.5 Å². The van der Waals surface area contributed by atoms with Crippen molar-refractivity contribution in [2.45, 2.75) is 58.7 Å². The molecule has 3 aromatic carbocycles. The van der Waals surface area contributed by atoms with Crippen LogP contribution in [0.3, 0.4) is 0 Å². The highest BCUT2D eigenvalue weighted by atomic mass is 16.6. The minimum Gasteiger partial charge on any atom is -0.497 e. The second kappa shape index (κ2) is 14.3. The second-order valence-corrected chi connectivity index (χ2v) is 11.2. The average Bonchev–Trinajstić information content (AvgIpc) is 2.91. The molecule has 0 saturated heterocycles. The molecule has 8 heteroatoms. The van der Waals surface area contributed by atoms with Crippen molar-refractivity contribution < 1.29 is 23.9 Å². The Morgan fingerprint density at radius 3 is 2.12 bits per heavy atom. The Labute approximate surface area is 248 Å². The summed E-state index contributed by atoms with van der Waals surface area (Å²) in [7, 11) is 1.57. The second-order valence-electron chi connectivity index (χ2n) is 11.2. The van der Waals surface area contributed by atoms with Crippen molar-refractivity contribution in [3.05, 3.63) is 108 Å². The summed E-state index contributed by atoms with van der Waals surface area (Å²) in [5, 5.41) is 5.71. The zero-order valence-electron chi connectivity index (χ0n) is 25.3. The third-order valence-electron chi connectivity index (χ3n) is 6.36. The third kappa shape index (κ3) is 9.23. The number of anilines is 1. The van der Waals surface area contributed by atoms with E-state index in [2.05, 4.69) is 17.2 Å². The lowest BCUT2D eigenvalue weighted by atomic mass is 9.97. The molecular weight excluding hydrogens is 530 g/mol. The minimum absolute atomic E-state index is 0.0633. The van der Waals surface area contributed by atoms with Crippen LogP contribution in [0.2, 0.25) is 0 Å². The number of benzene rings is 3.